The zero-order chi connectivity index (χ0) is 13.4. The number of hydrogen-bond acceptors (Lipinski definition) is 3. The molecule has 0 fully saturated rings. The normalized spacial score (nSPS) is 10.7. The summed E-state index contributed by atoms with van der Waals surface area (Å²) in [4.78, 5) is 13.8. The van der Waals surface area contributed by atoms with E-state index in [-0.39, 0.29) is 5.91 Å². The lowest BCUT2D eigenvalue weighted by molar-refractivity contribution is -0.116. The highest BCUT2D eigenvalue weighted by molar-refractivity contribution is 5.91. The second kappa shape index (κ2) is 7.84. The number of benzene rings is 1. The lowest BCUT2D eigenvalue weighted by Gasteiger charge is -2.14. The van der Waals surface area contributed by atoms with Gasteiger partial charge in [0.05, 0.1) is 0 Å². The van der Waals surface area contributed by atoms with Gasteiger partial charge in [0.2, 0.25) is 5.91 Å². The molecule has 3 N–H and O–H groups in total. The third kappa shape index (κ3) is 5.29. The van der Waals surface area contributed by atoms with Crippen molar-refractivity contribution in [1.29, 1.82) is 0 Å². The van der Waals surface area contributed by atoms with Crippen LogP contribution in [0.5, 0.6) is 0 Å². The van der Waals surface area contributed by atoms with E-state index in [2.05, 4.69) is 10.2 Å². The first-order chi connectivity index (χ1) is 8.63. The van der Waals surface area contributed by atoms with Crippen LogP contribution in [0.25, 0.3) is 0 Å². The van der Waals surface area contributed by atoms with Gasteiger partial charge in [-0.3, -0.25) is 4.79 Å². The Morgan fingerprint density at radius 3 is 2.67 bits per heavy atom. The highest BCUT2D eigenvalue weighted by atomic mass is 16.1. The van der Waals surface area contributed by atoms with Crippen LogP contribution >= 0.6 is 0 Å². The van der Waals surface area contributed by atoms with Crippen LogP contribution in [-0.2, 0) is 11.3 Å². The van der Waals surface area contributed by atoms with Crippen LogP contribution in [0.1, 0.15) is 24.8 Å². The number of nitrogens with zero attached hydrogens (tertiary/aromatic N) is 1. The quantitative estimate of drug-likeness (QED) is 0.725. The molecule has 1 rings (SSSR count). The predicted octanol–water partition coefficient (Wildman–Crippen LogP) is 1.82. The third-order valence-corrected chi connectivity index (χ3v) is 2.64. The number of rotatable bonds is 7. The maximum atomic E-state index is 11.8. The summed E-state index contributed by atoms with van der Waals surface area (Å²) in [5, 5.41) is 2.97. The van der Waals surface area contributed by atoms with Crippen LogP contribution in [0.2, 0.25) is 0 Å². The van der Waals surface area contributed by atoms with Crippen LogP contribution in [0.3, 0.4) is 0 Å². The van der Waals surface area contributed by atoms with Crippen LogP contribution in [0, 0.1) is 0 Å². The Kier molecular flexibility index (Phi) is 6.39. The summed E-state index contributed by atoms with van der Waals surface area (Å²) in [6.07, 6.45) is 2.28. The SMILES string of the molecule is CN(C)Cc1ccccc1NC(=O)CCCCN. The van der Waals surface area contributed by atoms with E-state index in [1.807, 2.05) is 38.4 Å². The number of amides is 1. The van der Waals surface area contributed by atoms with Crippen molar-refractivity contribution in [3.8, 4) is 0 Å². The van der Waals surface area contributed by atoms with Gasteiger partial charge in [-0.1, -0.05) is 18.2 Å². The lowest BCUT2D eigenvalue weighted by atomic mass is 10.1. The summed E-state index contributed by atoms with van der Waals surface area (Å²) in [7, 11) is 4.03. The molecule has 0 saturated carbocycles. The Hall–Kier alpha value is -1.39. The molecular weight excluding hydrogens is 226 g/mol. The molecule has 0 aromatic heterocycles. The highest BCUT2D eigenvalue weighted by Crippen LogP contribution is 2.16. The largest absolute Gasteiger partial charge is 0.330 e. The van der Waals surface area contributed by atoms with Crippen molar-refractivity contribution >= 4 is 11.6 Å². The van der Waals surface area contributed by atoms with Crippen molar-refractivity contribution in [2.45, 2.75) is 25.8 Å². The molecule has 4 heteroatoms. The smallest absolute Gasteiger partial charge is 0.224 e. The number of anilines is 1. The van der Waals surface area contributed by atoms with Crippen LogP contribution in [0.4, 0.5) is 5.69 Å². The molecule has 0 atom stereocenters. The number of para-hydroxylation sites is 1. The van der Waals surface area contributed by atoms with Gasteiger partial charge in [-0.15, -0.1) is 0 Å². The Labute approximate surface area is 109 Å². The molecule has 0 spiro atoms. The van der Waals surface area contributed by atoms with Crippen LogP contribution < -0.4 is 11.1 Å². The van der Waals surface area contributed by atoms with E-state index in [1.165, 1.54) is 0 Å². The van der Waals surface area contributed by atoms with E-state index >= 15 is 0 Å². The highest BCUT2D eigenvalue weighted by Gasteiger charge is 2.06. The minimum absolute atomic E-state index is 0.0645. The maximum absolute atomic E-state index is 11.8. The molecule has 0 unspecified atom stereocenters. The molecule has 0 aliphatic carbocycles. The number of nitrogens with one attached hydrogen (secondary N) is 1. The van der Waals surface area contributed by atoms with E-state index in [4.69, 9.17) is 5.73 Å². The molecule has 1 amide bonds. The van der Waals surface area contributed by atoms with Crippen molar-refractivity contribution in [3.63, 3.8) is 0 Å². The van der Waals surface area contributed by atoms with Gasteiger partial charge >= 0.3 is 0 Å². The van der Waals surface area contributed by atoms with Crippen molar-refractivity contribution in [1.82, 2.24) is 4.90 Å². The first kappa shape index (κ1) is 14.7. The molecular formula is C14H23N3O. The molecule has 18 heavy (non-hydrogen) atoms. The fourth-order valence-electron chi connectivity index (χ4n) is 1.76. The van der Waals surface area contributed by atoms with Crippen molar-refractivity contribution in [2.75, 3.05) is 26.0 Å². The number of nitrogens with two attached hydrogens (primary N) is 1. The third-order valence-electron chi connectivity index (χ3n) is 2.64. The average Bonchev–Trinajstić information content (AvgIpc) is 2.31. The summed E-state index contributed by atoms with van der Waals surface area (Å²) in [6.45, 7) is 1.46. The molecule has 0 saturated heterocycles. The summed E-state index contributed by atoms with van der Waals surface area (Å²) < 4.78 is 0. The molecule has 0 heterocycles. The van der Waals surface area contributed by atoms with Gasteiger partial charge in [-0.05, 0) is 45.1 Å². The van der Waals surface area contributed by atoms with E-state index in [9.17, 15) is 4.79 Å². The van der Waals surface area contributed by atoms with Crippen LogP contribution in [-0.4, -0.2) is 31.4 Å². The molecule has 4 nitrogen and oxygen atoms in total. The van der Waals surface area contributed by atoms with E-state index in [0.29, 0.717) is 13.0 Å². The van der Waals surface area contributed by atoms with Gasteiger partial charge < -0.3 is 16.0 Å². The number of hydrogen-bond donors (Lipinski definition) is 2. The molecule has 100 valence electrons. The minimum Gasteiger partial charge on any atom is -0.330 e. The van der Waals surface area contributed by atoms with Gasteiger partial charge in [0, 0.05) is 18.7 Å². The van der Waals surface area contributed by atoms with Crippen LogP contribution in [0.15, 0.2) is 24.3 Å². The molecule has 0 radical (unpaired) electrons. The molecule has 0 bridgehead atoms. The maximum Gasteiger partial charge on any atom is 0.224 e. The fraction of sp³-hybridized carbons (Fsp3) is 0.500. The minimum atomic E-state index is 0.0645. The monoisotopic (exact) mass is 249 g/mol. The summed E-state index contributed by atoms with van der Waals surface area (Å²) in [6, 6.07) is 7.91. The Bertz CT molecular complexity index is 377. The zero-order valence-electron chi connectivity index (χ0n) is 11.3. The first-order valence-corrected chi connectivity index (χ1v) is 6.36. The molecule has 1 aromatic rings. The van der Waals surface area contributed by atoms with Gasteiger partial charge in [0.1, 0.15) is 0 Å². The van der Waals surface area contributed by atoms with Gasteiger partial charge in [0.15, 0.2) is 0 Å². The summed E-state index contributed by atoms with van der Waals surface area (Å²) >= 11 is 0. The standard InChI is InChI=1S/C14H23N3O/c1-17(2)11-12-7-3-4-8-13(12)16-14(18)9-5-6-10-15/h3-4,7-8H,5-6,9-11,15H2,1-2H3,(H,16,18). The molecule has 1 aromatic carbocycles. The van der Waals surface area contributed by atoms with E-state index < -0.39 is 0 Å². The molecule has 0 aliphatic rings. The number of unbranched alkanes of at least 4 members (excludes halogenated alkanes) is 1. The number of carbonyl (C=O) groups is 1. The van der Waals surface area contributed by atoms with Gasteiger partial charge in [0.25, 0.3) is 0 Å². The van der Waals surface area contributed by atoms with Gasteiger partial charge in [-0.25, -0.2) is 0 Å². The van der Waals surface area contributed by atoms with Crippen molar-refractivity contribution in [2.24, 2.45) is 5.73 Å². The Morgan fingerprint density at radius 2 is 2.00 bits per heavy atom. The zero-order valence-corrected chi connectivity index (χ0v) is 11.3. The Morgan fingerprint density at radius 1 is 1.28 bits per heavy atom. The summed E-state index contributed by atoms with van der Waals surface area (Å²) in [5.41, 5.74) is 7.45. The fourth-order valence-corrected chi connectivity index (χ4v) is 1.76. The molecule has 0 aliphatic heterocycles. The second-order valence-corrected chi connectivity index (χ2v) is 4.69. The lowest BCUT2D eigenvalue weighted by Crippen LogP contribution is -2.16. The Balaban J connectivity index is 2.57. The van der Waals surface area contributed by atoms with E-state index in [1.54, 1.807) is 0 Å². The number of carbonyl (C=O) groups excluding carboxylic acids is 1. The predicted molar refractivity (Wildman–Crippen MR) is 75.4 cm³/mol. The second-order valence-electron chi connectivity index (χ2n) is 4.69. The first-order valence-electron chi connectivity index (χ1n) is 6.36. The van der Waals surface area contributed by atoms with Crippen molar-refractivity contribution in [3.05, 3.63) is 29.8 Å². The topological polar surface area (TPSA) is 58.4 Å². The van der Waals surface area contributed by atoms with E-state index in [0.717, 1.165) is 30.6 Å². The van der Waals surface area contributed by atoms with Gasteiger partial charge in [-0.2, -0.15) is 0 Å². The average molecular weight is 249 g/mol. The summed E-state index contributed by atoms with van der Waals surface area (Å²) in [5.74, 6) is 0.0645. The van der Waals surface area contributed by atoms with Crippen molar-refractivity contribution < 1.29 is 4.79 Å².